The van der Waals surface area contributed by atoms with Crippen LogP contribution in [0.2, 0.25) is 5.02 Å². The third kappa shape index (κ3) is 3.32. The molecule has 24 heavy (non-hydrogen) atoms. The molecule has 0 saturated carbocycles. The number of carbonyl (C=O) groups excluding carboxylic acids is 1. The fraction of sp³-hybridized carbons (Fsp3) is 0.111. The summed E-state index contributed by atoms with van der Waals surface area (Å²) in [6.45, 7) is 1.95. The van der Waals surface area contributed by atoms with Gasteiger partial charge in [0.2, 0.25) is 0 Å². The van der Waals surface area contributed by atoms with Gasteiger partial charge in [0.15, 0.2) is 4.80 Å². The predicted octanol–water partition coefficient (Wildman–Crippen LogP) is 4.60. The van der Waals surface area contributed by atoms with Crippen molar-refractivity contribution in [1.82, 2.24) is 4.57 Å². The Morgan fingerprint density at radius 2 is 1.75 bits per heavy atom. The molecule has 3 nitrogen and oxygen atoms in total. The maximum absolute atomic E-state index is 13.1. The topological polar surface area (TPSA) is 34.4 Å². The second-order valence-corrected chi connectivity index (χ2v) is 6.90. The van der Waals surface area contributed by atoms with Crippen molar-refractivity contribution < 1.29 is 9.18 Å². The second-order valence-electron chi connectivity index (χ2n) is 5.28. The van der Waals surface area contributed by atoms with Crippen LogP contribution in [0, 0.1) is 12.7 Å². The smallest absolute Gasteiger partial charge is 0.279 e. The lowest BCUT2D eigenvalue weighted by atomic mass is 10.1. The van der Waals surface area contributed by atoms with Crippen molar-refractivity contribution in [2.75, 3.05) is 0 Å². The zero-order valence-electron chi connectivity index (χ0n) is 13.1. The minimum Gasteiger partial charge on any atom is -0.319 e. The predicted molar refractivity (Wildman–Crippen MR) is 94.8 cm³/mol. The van der Waals surface area contributed by atoms with Crippen molar-refractivity contribution in [2.24, 2.45) is 12.0 Å². The first kappa shape index (κ1) is 16.6. The molecule has 122 valence electrons. The molecule has 0 bridgehead atoms. The molecule has 1 amide bonds. The average molecular weight is 361 g/mol. The van der Waals surface area contributed by atoms with Crippen LogP contribution >= 0.6 is 22.9 Å². The third-order valence-corrected chi connectivity index (χ3v) is 4.91. The molecule has 0 N–H and O–H groups in total. The number of thiazole rings is 1. The minimum atomic E-state index is -0.325. The number of hydrogen-bond donors (Lipinski definition) is 0. The van der Waals surface area contributed by atoms with Crippen LogP contribution in [0.4, 0.5) is 4.39 Å². The number of amides is 1. The van der Waals surface area contributed by atoms with Gasteiger partial charge >= 0.3 is 0 Å². The van der Waals surface area contributed by atoms with E-state index in [0.29, 0.717) is 15.4 Å². The van der Waals surface area contributed by atoms with Crippen molar-refractivity contribution in [2.45, 2.75) is 6.92 Å². The molecule has 3 rings (SSSR count). The summed E-state index contributed by atoms with van der Waals surface area (Å²) < 4.78 is 15.0. The van der Waals surface area contributed by atoms with Gasteiger partial charge in [-0.25, -0.2) is 4.39 Å². The fourth-order valence-electron chi connectivity index (χ4n) is 2.43. The summed E-state index contributed by atoms with van der Waals surface area (Å²) in [5, 5.41) is 0.572. The van der Waals surface area contributed by atoms with Gasteiger partial charge in [-0.05, 0) is 61.0 Å². The Bertz CT molecular complexity index is 956. The SMILES string of the molecule is Cc1sc(=NC(=O)c2ccc(Cl)cc2)n(C)c1-c1ccc(F)cc1. The minimum absolute atomic E-state index is 0.280. The first-order chi connectivity index (χ1) is 11.5. The van der Waals surface area contributed by atoms with Crippen LogP contribution in [0.3, 0.4) is 0 Å². The lowest BCUT2D eigenvalue weighted by Crippen LogP contribution is -2.14. The van der Waals surface area contributed by atoms with Gasteiger partial charge in [0.05, 0.1) is 5.69 Å². The van der Waals surface area contributed by atoms with Crippen LogP contribution in [0.15, 0.2) is 53.5 Å². The molecule has 0 aliphatic rings. The van der Waals surface area contributed by atoms with E-state index in [0.717, 1.165) is 16.1 Å². The van der Waals surface area contributed by atoms with Gasteiger partial charge in [0.25, 0.3) is 5.91 Å². The van der Waals surface area contributed by atoms with Gasteiger partial charge in [-0.15, -0.1) is 11.3 Å². The zero-order valence-corrected chi connectivity index (χ0v) is 14.7. The van der Waals surface area contributed by atoms with Crippen LogP contribution in [-0.4, -0.2) is 10.5 Å². The quantitative estimate of drug-likeness (QED) is 0.657. The van der Waals surface area contributed by atoms with Crippen molar-refractivity contribution >= 4 is 28.8 Å². The Kier molecular flexibility index (Phi) is 4.64. The third-order valence-electron chi connectivity index (χ3n) is 3.61. The van der Waals surface area contributed by atoms with Crippen molar-refractivity contribution in [3.05, 3.63) is 74.6 Å². The van der Waals surface area contributed by atoms with E-state index in [1.807, 2.05) is 18.5 Å². The van der Waals surface area contributed by atoms with Crippen molar-refractivity contribution in [3.8, 4) is 11.3 Å². The standard InChI is InChI=1S/C18H14ClFN2OS/c1-11-16(12-5-9-15(20)10-6-12)22(2)18(24-11)21-17(23)13-3-7-14(19)8-4-13/h3-10H,1-2H3. The summed E-state index contributed by atoms with van der Waals surface area (Å²) in [6, 6.07) is 12.9. The van der Waals surface area contributed by atoms with Crippen molar-refractivity contribution in [3.63, 3.8) is 0 Å². The zero-order chi connectivity index (χ0) is 17.3. The van der Waals surface area contributed by atoms with E-state index in [2.05, 4.69) is 4.99 Å². The number of nitrogens with zero attached hydrogens (tertiary/aromatic N) is 2. The molecule has 0 aliphatic carbocycles. The monoisotopic (exact) mass is 360 g/mol. The maximum Gasteiger partial charge on any atom is 0.279 e. The van der Waals surface area contributed by atoms with E-state index in [-0.39, 0.29) is 11.7 Å². The van der Waals surface area contributed by atoms with Crippen LogP contribution < -0.4 is 4.80 Å². The highest BCUT2D eigenvalue weighted by atomic mass is 35.5. The van der Waals surface area contributed by atoms with Gasteiger partial charge in [-0.2, -0.15) is 4.99 Å². The van der Waals surface area contributed by atoms with E-state index in [9.17, 15) is 9.18 Å². The van der Waals surface area contributed by atoms with Gasteiger partial charge < -0.3 is 4.57 Å². The van der Waals surface area contributed by atoms with Gasteiger partial charge in [-0.1, -0.05) is 11.6 Å². The lowest BCUT2D eigenvalue weighted by Gasteiger charge is -2.04. The number of hydrogen-bond acceptors (Lipinski definition) is 2. The molecule has 0 spiro atoms. The molecule has 2 aromatic carbocycles. The highest BCUT2D eigenvalue weighted by molar-refractivity contribution is 7.09. The summed E-state index contributed by atoms with van der Waals surface area (Å²) in [6.07, 6.45) is 0. The highest BCUT2D eigenvalue weighted by Crippen LogP contribution is 2.24. The number of rotatable bonds is 2. The largest absolute Gasteiger partial charge is 0.319 e. The van der Waals surface area contributed by atoms with Gasteiger partial charge in [0, 0.05) is 22.5 Å². The number of aromatic nitrogens is 1. The van der Waals surface area contributed by atoms with E-state index in [4.69, 9.17) is 11.6 Å². The fourth-order valence-corrected chi connectivity index (χ4v) is 3.54. The molecule has 6 heteroatoms. The molecule has 0 radical (unpaired) electrons. The van der Waals surface area contributed by atoms with Gasteiger partial charge in [0.1, 0.15) is 5.82 Å². The van der Waals surface area contributed by atoms with Crippen LogP contribution in [0.5, 0.6) is 0 Å². The Labute approximate surface area is 147 Å². The van der Waals surface area contributed by atoms with E-state index < -0.39 is 0 Å². The first-order valence-electron chi connectivity index (χ1n) is 7.22. The van der Waals surface area contributed by atoms with E-state index >= 15 is 0 Å². The van der Waals surface area contributed by atoms with Crippen LogP contribution in [0.1, 0.15) is 15.2 Å². The normalized spacial score (nSPS) is 11.8. The molecular weight excluding hydrogens is 347 g/mol. The maximum atomic E-state index is 13.1. The van der Waals surface area contributed by atoms with Gasteiger partial charge in [-0.3, -0.25) is 4.79 Å². The van der Waals surface area contributed by atoms with E-state index in [1.165, 1.54) is 23.5 Å². The molecule has 0 saturated heterocycles. The molecule has 0 unspecified atom stereocenters. The summed E-state index contributed by atoms with van der Waals surface area (Å²) in [4.78, 5) is 18.1. The Morgan fingerprint density at radius 1 is 1.12 bits per heavy atom. The molecule has 1 aromatic heterocycles. The number of carbonyl (C=O) groups is 1. The molecule has 1 heterocycles. The Morgan fingerprint density at radius 3 is 2.38 bits per heavy atom. The molecular formula is C18H14ClFN2OS. The first-order valence-corrected chi connectivity index (χ1v) is 8.42. The molecule has 0 fully saturated rings. The van der Waals surface area contributed by atoms with Crippen LogP contribution in [0.25, 0.3) is 11.3 Å². The summed E-state index contributed by atoms with van der Waals surface area (Å²) in [7, 11) is 1.84. The van der Waals surface area contributed by atoms with E-state index in [1.54, 1.807) is 36.4 Å². The summed E-state index contributed by atoms with van der Waals surface area (Å²) >= 11 is 7.26. The Balaban J connectivity index is 2.03. The summed E-state index contributed by atoms with van der Waals surface area (Å²) in [5.41, 5.74) is 2.28. The lowest BCUT2D eigenvalue weighted by molar-refractivity contribution is 0.0998. The Hall–Kier alpha value is -2.24. The number of benzene rings is 2. The molecule has 0 atom stereocenters. The number of aryl methyl sites for hydroxylation is 1. The van der Waals surface area contributed by atoms with Crippen LogP contribution in [-0.2, 0) is 7.05 Å². The molecule has 3 aromatic rings. The summed E-state index contributed by atoms with van der Waals surface area (Å²) in [5.74, 6) is -0.605. The van der Waals surface area contributed by atoms with Crippen molar-refractivity contribution in [1.29, 1.82) is 0 Å². The number of halogens is 2. The molecule has 0 aliphatic heterocycles. The highest BCUT2D eigenvalue weighted by Gasteiger charge is 2.12. The average Bonchev–Trinajstić information content (AvgIpc) is 2.83. The second kappa shape index (κ2) is 6.71.